The lowest BCUT2D eigenvalue weighted by molar-refractivity contribution is -0.387. The number of nitrogens with zero attached hydrogens (tertiary/aromatic N) is 4. The van der Waals surface area contributed by atoms with Crippen molar-refractivity contribution in [1.82, 2.24) is 9.78 Å². The van der Waals surface area contributed by atoms with E-state index in [-0.39, 0.29) is 10.6 Å². The minimum atomic E-state index is -3.67. The van der Waals surface area contributed by atoms with E-state index >= 15 is 0 Å². The zero-order valence-electron chi connectivity index (χ0n) is 13.4. The fourth-order valence-corrected chi connectivity index (χ4v) is 3.92. The molecule has 0 bridgehead atoms. The Morgan fingerprint density at radius 3 is 2.71 bits per heavy atom. The van der Waals surface area contributed by atoms with Crippen LogP contribution in [0.2, 0.25) is 0 Å². The van der Waals surface area contributed by atoms with E-state index in [1.807, 2.05) is 19.4 Å². The predicted molar refractivity (Wildman–Crippen MR) is 89.0 cm³/mol. The van der Waals surface area contributed by atoms with Crippen molar-refractivity contribution in [2.24, 2.45) is 7.05 Å². The Hall–Kier alpha value is -2.42. The Kier molecular flexibility index (Phi) is 4.04. The zero-order valence-corrected chi connectivity index (χ0v) is 14.2. The van der Waals surface area contributed by atoms with Crippen molar-refractivity contribution in [3.8, 4) is 0 Å². The molecule has 1 aromatic heterocycles. The Balaban J connectivity index is 1.89. The maximum Gasteiger partial charge on any atom is 0.288 e. The first-order valence-electron chi connectivity index (χ1n) is 7.47. The summed E-state index contributed by atoms with van der Waals surface area (Å²) in [5.41, 5.74) is 1.45. The SMILES string of the molecule is Cn1cc(C2CCN(c3ccc([N+](=O)[O-])c(S(C)(=O)=O)c3)C2)cn1. The monoisotopic (exact) mass is 350 g/mol. The lowest BCUT2D eigenvalue weighted by Crippen LogP contribution is -2.19. The van der Waals surface area contributed by atoms with Crippen LogP contribution in [0, 0.1) is 10.1 Å². The molecule has 1 fully saturated rings. The Morgan fingerprint density at radius 2 is 2.12 bits per heavy atom. The van der Waals surface area contributed by atoms with Crippen LogP contribution in [-0.2, 0) is 16.9 Å². The molecule has 1 aliphatic heterocycles. The molecule has 2 aromatic rings. The molecule has 0 radical (unpaired) electrons. The molecule has 1 atom stereocenters. The molecule has 0 aliphatic carbocycles. The molecule has 1 saturated heterocycles. The van der Waals surface area contributed by atoms with Gasteiger partial charge in [-0.1, -0.05) is 0 Å². The van der Waals surface area contributed by atoms with Gasteiger partial charge in [0.15, 0.2) is 9.84 Å². The molecule has 128 valence electrons. The highest BCUT2D eigenvalue weighted by atomic mass is 32.2. The van der Waals surface area contributed by atoms with Crippen LogP contribution in [0.5, 0.6) is 0 Å². The van der Waals surface area contributed by atoms with Crippen molar-refractivity contribution in [3.63, 3.8) is 0 Å². The van der Waals surface area contributed by atoms with Gasteiger partial charge >= 0.3 is 0 Å². The van der Waals surface area contributed by atoms with E-state index in [9.17, 15) is 18.5 Å². The third kappa shape index (κ3) is 3.12. The first kappa shape index (κ1) is 16.4. The Morgan fingerprint density at radius 1 is 1.38 bits per heavy atom. The number of aryl methyl sites for hydroxylation is 1. The Bertz CT molecular complexity index is 891. The van der Waals surface area contributed by atoms with Gasteiger partial charge in [-0.2, -0.15) is 5.10 Å². The molecular weight excluding hydrogens is 332 g/mol. The third-order valence-electron chi connectivity index (χ3n) is 4.29. The second-order valence-corrected chi connectivity index (χ2v) is 8.04. The number of sulfone groups is 1. The van der Waals surface area contributed by atoms with Gasteiger partial charge in [-0.05, 0) is 24.1 Å². The maximum atomic E-state index is 11.9. The molecule has 2 heterocycles. The molecule has 1 unspecified atom stereocenters. The van der Waals surface area contributed by atoms with Crippen molar-refractivity contribution in [2.75, 3.05) is 24.2 Å². The molecule has 0 amide bonds. The van der Waals surface area contributed by atoms with Crippen LogP contribution in [0.4, 0.5) is 11.4 Å². The largest absolute Gasteiger partial charge is 0.371 e. The summed E-state index contributed by atoms with van der Waals surface area (Å²) in [5.74, 6) is 0.315. The van der Waals surface area contributed by atoms with E-state index < -0.39 is 14.8 Å². The quantitative estimate of drug-likeness (QED) is 0.615. The minimum absolute atomic E-state index is 0.241. The van der Waals surface area contributed by atoms with E-state index in [1.54, 1.807) is 10.7 Å². The third-order valence-corrected chi connectivity index (χ3v) is 5.42. The summed E-state index contributed by atoms with van der Waals surface area (Å²) >= 11 is 0. The van der Waals surface area contributed by atoms with Crippen molar-refractivity contribution >= 4 is 21.2 Å². The standard InChI is InChI=1S/C15H18N4O4S/c1-17-9-12(8-16-17)11-5-6-18(10-11)13-3-4-14(19(20)21)15(7-13)24(2,22)23/h3-4,7-9,11H,5-6,10H2,1-2H3. The number of hydrogen-bond acceptors (Lipinski definition) is 6. The highest BCUT2D eigenvalue weighted by Crippen LogP contribution is 2.34. The summed E-state index contributed by atoms with van der Waals surface area (Å²) in [5, 5.41) is 15.2. The highest BCUT2D eigenvalue weighted by molar-refractivity contribution is 7.90. The lowest BCUT2D eigenvalue weighted by atomic mass is 10.0. The van der Waals surface area contributed by atoms with Crippen molar-refractivity contribution < 1.29 is 13.3 Å². The fraction of sp³-hybridized carbons (Fsp3) is 0.400. The molecule has 0 spiro atoms. The number of nitro benzene ring substituents is 1. The van der Waals surface area contributed by atoms with Crippen LogP contribution in [0.15, 0.2) is 35.5 Å². The van der Waals surface area contributed by atoms with Gasteiger partial charge in [0.1, 0.15) is 4.90 Å². The second-order valence-electron chi connectivity index (χ2n) is 6.06. The molecule has 0 saturated carbocycles. The minimum Gasteiger partial charge on any atom is -0.371 e. The zero-order chi connectivity index (χ0) is 17.5. The predicted octanol–water partition coefficient (Wildman–Crippen LogP) is 1.73. The summed E-state index contributed by atoms with van der Waals surface area (Å²) in [7, 11) is -1.81. The molecule has 1 aromatic carbocycles. The van der Waals surface area contributed by atoms with Gasteiger partial charge in [-0.25, -0.2) is 8.42 Å². The van der Waals surface area contributed by atoms with Gasteiger partial charge in [-0.3, -0.25) is 14.8 Å². The number of hydrogen-bond donors (Lipinski definition) is 0. The fourth-order valence-electron chi connectivity index (χ4n) is 3.07. The maximum absolute atomic E-state index is 11.9. The summed E-state index contributed by atoms with van der Waals surface area (Å²) < 4.78 is 25.5. The smallest absolute Gasteiger partial charge is 0.288 e. The average molecular weight is 350 g/mol. The second kappa shape index (κ2) is 5.90. The van der Waals surface area contributed by atoms with Gasteiger partial charge in [0.2, 0.25) is 0 Å². The van der Waals surface area contributed by atoms with Gasteiger partial charge < -0.3 is 4.90 Å². The number of rotatable bonds is 4. The van der Waals surface area contributed by atoms with Crippen LogP contribution in [0.1, 0.15) is 17.9 Å². The molecular formula is C15H18N4O4S. The summed E-state index contributed by atoms with van der Waals surface area (Å²) in [4.78, 5) is 12.2. The summed E-state index contributed by atoms with van der Waals surface area (Å²) in [6.45, 7) is 1.49. The van der Waals surface area contributed by atoms with Crippen molar-refractivity contribution in [3.05, 3.63) is 46.3 Å². The highest BCUT2D eigenvalue weighted by Gasteiger charge is 2.28. The van der Waals surface area contributed by atoms with Crippen molar-refractivity contribution in [1.29, 1.82) is 0 Å². The molecule has 24 heavy (non-hydrogen) atoms. The Labute approximate surface area is 139 Å². The van der Waals surface area contributed by atoms with Gasteiger partial charge in [0, 0.05) is 50.3 Å². The first-order chi connectivity index (χ1) is 11.3. The summed E-state index contributed by atoms with van der Waals surface area (Å²) in [6, 6.07) is 4.28. The molecule has 8 nitrogen and oxygen atoms in total. The normalized spacial score (nSPS) is 18.1. The average Bonchev–Trinajstić information content (AvgIpc) is 3.14. The van der Waals surface area contributed by atoms with Crippen LogP contribution in [0.25, 0.3) is 0 Å². The van der Waals surface area contributed by atoms with Crippen molar-refractivity contribution in [2.45, 2.75) is 17.2 Å². The number of benzene rings is 1. The van der Waals surface area contributed by atoms with Gasteiger partial charge in [0.05, 0.1) is 11.1 Å². The first-order valence-corrected chi connectivity index (χ1v) is 9.37. The molecule has 3 rings (SSSR count). The van der Waals surface area contributed by atoms with Crippen LogP contribution < -0.4 is 4.90 Å². The van der Waals surface area contributed by atoms with Gasteiger partial charge in [0.25, 0.3) is 5.69 Å². The van der Waals surface area contributed by atoms with Gasteiger partial charge in [-0.15, -0.1) is 0 Å². The van der Waals surface area contributed by atoms with E-state index in [4.69, 9.17) is 0 Å². The van der Waals surface area contributed by atoms with E-state index in [1.165, 1.54) is 12.1 Å². The lowest BCUT2D eigenvalue weighted by Gasteiger charge is -2.19. The number of anilines is 1. The molecule has 9 heteroatoms. The van der Waals surface area contributed by atoms with E-state index in [2.05, 4.69) is 10.00 Å². The molecule has 1 aliphatic rings. The molecule has 0 N–H and O–H groups in total. The van der Waals surface area contributed by atoms with Crippen LogP contribution in [-0.4, -0.2) is 42.5 Å². The van der Waals surface area contributed by atoms with Crippen LogP contribution in [0.3, 0.4) is 0 Å². The topological polar surface area (TPSA) is 98.3 Å². The van der Waals surface area contributed by atoms with Crippen LogP contribution >= 0.6 is 0 Å². The number of aromatic nitrogens is 2. The number of nitro groups is 1. The van der Waals surface area contributed by atoms with E-state index in [0.717, 1.165) is 31.3 Å². The summed E-state index contributed by atoms with van der Waals surface area (Å²) in [6.07, 6.45) is 5.73. The van der Waals surface area contributed by atoms with E-state index in [0.29, 0.717) is 11.6 Å².